The van der Waals surface area contributed by atoms with E-state index in [9.17, 15) is 4.79 Å². The zero-order valence-corrected chi connectivity index (χ0v) is 13.7. The van der Waals surface area contributed by atoms with Gasteiger partial charge in [-0.25, -0.2) is 15.2 Å². The fourth-order valence-corrected chi connectivity index (χ4v) is 2.01. The third-order valence-corrected chi connectivity index (χ3v) is 3.01. The van der Waals surface area contributed by atoms with Crippen LogP contribution in [0.1, 0.15) is 31.9 Å². The lowest BCUT2D eigenvalue weighted by Gasteiger charge is -2.18. The molecule has 0 fully saturated rings. The molecule has 0 bridgehead atoms. The van der Waals surface area contributed by atoms with E-state index in [1.807, 2.05) is 31.2 Å². The van der Waals surface area contributed by atoms with Crippen molar-refractivity contribution in [3.05, 3.63) is 40.5 Å². The van der Waals surface area contributed by atoms with Crippen LogP contribution >= 0.6 is 11.6 Å². The molecule has 1 N–H and O–H groups in total. The summed E-state index contributed by atoms with van der Waals surface area (Å²) in [5.74, 6) is 0. The molecule has 0 aliphatic carbocycles. The Bertz CT molecular complexity index is 736. The summed E-state index contributed by atoms with van der Waals surface area (Å²) < 4.78 is 5.08. The van der Waals surface area contributed by atoms with Crippen LogP contribution in [0.2, 0.25) is 5.15 Å². The summed E-state index contributed by atoms with van der Waals surface area (Å²) >= 11 is 6.13. The van der Waals surface area contributed by atoms with Crippen molar-refractivity contribution < 1.29 is 9.53 Å². The summed E-state index contributed by atoms with van der Waals surface area (Å²) in [5.41, 5.74) is 4.28. The molecule has 0 saturated carbocycles. The second-order valence-electron chi connectivity index (χ2n) is 5.94. The zero-order valence-electron chi connectivity index (χ0n) is 13.0. The predicted octanol–water partition coefficient (Wildman–Crippen LogP) is 4.06. The number of carbonyl (C=O) groups is 1. The number of benzene rings is 1. The third kappa shape index (κ3) is 4.43. The number of rotatable bonds is 2. The molecule has 0 spiro atoms. The van der Waals surface area contributed by atoms with Crippen LogP contribution in [0, 0.1) is 6.92 Å². The van der Waals surface area contributed by atoms with Gasteiger partial charge in [0, 0.05) is 10.9 Å². The van der Waals surface area contributed by atoms with E-state index in [4.69, 9.17) is 16.3 Å². The minimum Gasteiger partial charge on any atom is -0.443 e. The third-order valence-electron chi connectivity index (χ3n) is 2.71. The molecule has 2 aromatic rings. The number of nitrogens with one attached hydrogen (secondary N) is 1. The maximum absolute atomic E-state index is 11.5. The highest BCUT2D eigenvalue weighted by Crippen LogP contribution is 2.20. The van der Waals surface area contributed by atoms with E-state index in [1.54, 1.807) is 20.8 Å². The second-order valence-corrected chi connectivity index (χ2v) is 6.29. The number of halogens is 1. The summed E-state index contributed by atoms with van der Waals surface area (Å²) in [5, 5.41) is 5.12. The molecule has 1 heterocycles. The van der Waals surface area contributed by atoms with Crippen molar-refractivity contribution in [1.29, 1.82) is 0 Å². The molecule has 5 nitrogen and oxygen atoms in total. The van der Waals surface area contributed by atoms with Crippen LogP contribution in [0.5, 0.6) is 0 Å². The number of pyridine rings is 1. The Hall–Kier alpha value is -2.14. The molecule has 0 radical (unpaired) electrons. The summed E-state index contributed by atoms with van der Waals surface area (Å²) in [6.07, 6.45) is 0.822. The van der Waals surface area contributed by atoms with Crippen LogP contribution in [0.25, 0.3) is 10.9 Å². The topological polar surface area (TPSA) is 63.6 Å². The minimum absolute atomic E-state index is 0.327. The molecule has 22 heavy (non-hydrogen) atoms. The van der Waals surface area contributed by atoms with Crippen molar-refractivity contribution in [2.45, 2.75) is 33.3 Å². The molecular weight excluding hydrogens is 302 g/mol. The van der Waals surface area contributed by atoms with Crippen LogP contribution in [0.15, 0.2) is 29.4 Å². The average molecular weight is 320 g/mol. The standard InChI is InChI=1S/C16H18ClN3O2/c1-10-5-6-11-8-12(14(17)19-13(11)7-10)9-18-20-15(21)22-16(2,3)4/h5-9H,1-4H3,(H,20,21)/b18-9-. The first kappa shape index (κ1) is 16.2. The Labute approximate surface area is 134 Å². The molecule has 2 rings (SSSR count). The highest BCUT2D eigenvalue weighted by atomic mass is 35.5. The number of aromatic nitrogens is 1. The Morgan fingerprint density at radius 3 is 2.77 bits per heavy atom. The normalized spacial score (nSPS) is 11.9. The van der Waals surface area contributed by atoms with Crippen molar-refractivity contribution in [3.8, 4) is 0 Å². The first-order valence-electron chi connectivity index (χ1n) is 6.83. The highest BCUT2D eigenvalue weighted by Gasteiger charge is 2.15. The number of amides is 1. The number of hydrogen-bond acceptors (Lipinski definition) is 4. The molecular formula is C16H18ClN3O2. The van der Waals surface area contributed by atoms with Gasteiger partial charge in [0.05, 0.1) is 11.7 Å². The van der Waals surface area contributed by atoms with E-state index in [0.717, 1.165) is 16.5 Å². The Kier molecular flexibility index (Phi) is 4.66. The summed E-state index contributed by atoms with van der Waals surface area (Å²) in [7, 11) is 0. The van der Waals surface area contributed by atoms with Gasteiger partial charge in [0.25, 0.3) is 0 Å². The van der Waals surface area contributed by atoms with Gasteiger partial charge in [0.1, 0.15) is 10.8 Å². The quantitative estimate of drug-likeness (QED) is 0.516. The molecule has 116 valence electrons. The van der Waals surface area contributed by atoms with E-state index in [0.29, 0.717) is 10.7 Å². The Morgan fingerprint density at radius 1 is 1.36 bits per heavy atom. The van der Waals surface area contributed by atoms with Gasteiger partial charge in [-0.1, -0.05) is 23.7 Å². The lowest BCUT2D eigenvalue weighted by Crippen LogP contribution is -2.29. The summed E-state index contributed by atoms with van der Waals surface area (Å²) in [6.45, 7) is 7.34. The van der Waals surface area contributed by atoms with Gasteiger partial charge in [-0.15, -0.1) is 0 Å². The molecule has 1 amide bonds. The molecule has 1 aromatic heterocycles. The van der Waals surface area contributed by atoms with Crippen molar-refractivity contribution in [3.63, 3.8) is 0 Å². The van der Waals surface area contributed by atoms with Crippen LogP contribution in [-0.4, -0.2) is 22.9 Å². The number of nitrogens with zero attached hydrogens (tertiary/aromatic N) is 2. The molecule has 6 heteroatoms. The van der Waals surface area contributed by atoms with Gasteiger partial charge >= 0.3 is 6.09 Å². The summed E-state index contributed by atoms with van der Waals surface area (Å²) in [4.78, 5) is 15.8. The maximum atomic E-state index is 11.5. The molecule has 0 unspecified atom stereocenters. The number of ether oxygens (including phenoxy) is 1. The zero-order chi connectivity index (χ0) is 16.3. The predicted molar refractivity (Wildman–Crippen MR) is 88.5 cm³/mol. The maximum Gasteiger partial charge on any atom is 0.428 e. The fourth-order valence-electron chi connectivity index (χ4n) is 1.82. The Balaban J connectivity index is 2.14. The van der Waals surface area contributed by atoms with Crippen molar-refractivity contribution in [2.75, 3.05) is 0 Å². The van der Waals surface area contributed by atoms with Crippen LogP contribution < -0.4 is 5.43 Å². The molecule has 0 aliphatic heterocycles. The van der Waals surface area contributed by atoms with E-state index in [-0.39, 0.29) is 0 Å². The molecule has 1 aromatic carbocycles. The van der Waals surface area contributed by atoms with Gasteiger partial charge in [-0.3, -0.25) is 0 Å². The number of fused-ring (bicyclic) bond motifs is 1. The fraction of sp³-hybridized carbons (Fsp3) is 0.312. The van der Waals surface area contributed by atoms with Crippen molar-refractivity contribution in [2.24, 2.45) is 5.10 Å². The SMILES string of the molecule is Cc1ccc2cc(/C=N\NC(=O)OC(C)(C)C)c(Cl)nc2c1. The van der Waals surface area contributed by atoms with Crippen LogP contribution in [0.4, 0.5) is 4.79 Å². The monoisotopic (exact) mass is 319 g/mol. The number of carbonyl (C=O) groups excluding carboxylic acids is 1. The lowest BCUT2D eigenvalue weighted by molar-refractivity contribution is 0.0529. The van der Waals surface area contributed by atoms with Gasteiger partial charge in [-0.05, 0) is 45.4 Å². The molecule has 0 aliphatic rings. The van der Waals surface area contributed by atoms with Gasteiger partial charge in [0.2, 0.25) is 0 Å². The number of hydrazone groups is 1. The first-order valence-corrected chi connectivity index (χ1v) is 7.21. The van der Waals surface area contributed by atoms with Gasteiger partial charge in [-0.2, -0.15) is 5.10 Å². The molecule has 0 saturated heterocycles. The van der Waals surface area contributed by atoms with E-state index in [1.165, 1.54) is 6.21 Å². The van der Waals surface area contributed by atoms with E-state index < -0.39 is 11.7 Å². The largest absolute Gasteiger partial charge is 0.443 e. The van der Waals surface area contributed by atoms with E-state index in [2.05, 4.69) is 15.5 Å². The summed E-state index contributed by atoms with van der Waals surface area (Å²) in [6, 6.07) is 7.79. The smallest absolute Gasteiger partial charge is 0.428 e. The van der Waals surface area contributed by atoms with Gasteiger partial charge in [0.15, 0.2) is 0 Å². The van der Waals surface area contributed by atoms with Crippen molar-refractivity contribution >= 4 is 34.8 Å². The van der Waals surface area contributed by atoms with E-state index >= 15 is 0 Å². The average Bonchev–Trinajstić information content (AvgIpc) is 2.37. The first-order chi connectivity index (χ1) is 10.2. The molecule has 0 atom stereocenters. The minimum atomic E-state index is -0.621. The highest BCUT2D eigenvalue weighted by molar-refractivity contribution is 6.32. The van der Waals surface area contributed by atoms with Gasteiger partial charge < -0.3 is 4.74 Å². The Morgan fingerprint density at radius 2 is 2.09 bits per heavy atom. The lowest BCUT2D eigenvalue weighted by atomic mass is 10.1. The van der Waals surface area contributed by atoms with Crippen molar-refractivity contribution in [1.82, 2.24) is 10.4 Å². The van der Waals surface area contributed by atoms with Crippen LogP contribution in [-0.2, 0) is 4.74 Å². The second kappa shape index (κ2) is 6.32. The number of hydrogen-bond donors (Lipinski definition) is 1. The van der Waals surface area contributed by atoms with Crippen LogP contribution in [0.3, 0.4) is 0 Å². The number of aryl methyl sites for hydroxylation is 1.